The molecule has 0 spiro atoms. The Morgan fingerprint density at radius 1 is 1.32 bits per heavy atom. The van der Waals surface area contributed by atoms with Gasteiger partial charge in [-0.3, -0.25) is 4.79 Å². The van der Waals surface area contributed by atoms with Crippen molar-refractivity contribution < 1.29 is 13.2 Å². The smallest absolute Gasteiger partial charge is 0.185 e. The second-order valence-electron chi connectivity index (χ2n) is 5.00. The van der Waals surface area contributed by atoms with Crippen molar-refractivity contribution in [3.05, 3.63) is 35.0 Å². The second kappa shape index (κ2) is 4.35. The van der Waals surface area contributed by atoms with Crippen molar-refractivity contribution in [1.29, 1.82) is 0 Å². The Hall–Kier alpha value is -1.33. The highest BCUT2D eigenvalue weighted by atomic mass is 35.5. The van der Waals surface area contributed by atoms with E-state index in [0.29, 0.717) is 16.0 Å². The molecule has 102 valence electrons. The lowest BCUT2D eigenvalue weighted by Gasteiger charge is -2.20. The molecule has 0 amide bonds. The Morgan fingerprint density at radius 3 is 2.53 bits per heavy atom. The van der Waals surface area contributed by atoms with E-state index in [4.69, 9.17) is 11.6 Å². The molecule has 19 heavy (non-hydrogen) atoms. The lowest BCUT2D eigenvalue weighted by atomic mass is 10.00. The highest BCUT2D eigenvalue weighted by Gasteiger charge is 2.39. The number of benzene rings is 1. The van der Waals surface area contributed by atoms with E-state index in [9.17, 15) is 13.2 Å². The van der Waals surface area contributed by atoms with E-state index in [1.807, 2.05) is 0 Å². The van der Waals surface area contributed by atoms with Crippen LogP contribution in [0.1, 0.15) is 24.2 Å². The van der Waals surface area contributed by atoms with Crippen molar-refractivity contribution in [2.45, 2.75) is 18.6 Å². The molecule has 0 aliphatic rings. The summed E-state index contributed by atoms with van der Waals surface area (Å²) in [4.78, 5) is 15.4. The number of H-pyrrole nitrogens is 1. The van der Waals surface area contributed by atoms with Gasteiger partial charge in [-0.25, -0.2) is 8.42 Å². The van der Waals surface area contributed by atoms with Crippen LogP contribution < -0.4 is 0 Å². The molecule has 6 heteroatoms. The van der Waals surface area contributed by atoms with Crippen LogP contribution >= 0.6 is 11.6 Å². The minimum atomic E-state index is -3.50. The van der Waals surface area contributed by atoms with Crippen molar-refractivity contribution in [2.75, 3.05) is 6.26 Å². The van der Waals surface area contributed by atoms with Gasteiger partial charge in [-0.1, -0.05) is 11.6 Å². The van der Waals surface area contributed by atoms with Crippen LogP contribution in [0.2, 0.25) is 5.02 Å². The molecular weight excluding hydrogens is 286 g/mol. The third kappa shape index (κ3) is 2.28. The molecular formula is C13H14ClNO3S. The fourth-order valence-corrected chi connectivity index (χ4v) is 2.39. The van der Waals surface area contributed by atoms with Gasteiger partial charge in [-0.05, 0) is 32.0 Å². The number of aromatic amines is 1. The van der Waals surface area contributed by atoms with Crippen LogP contribution in [0.4, 0.5) is 0 Å². The number of sulfone groups is 1. The first-order chi connectivity index (χ1) is 8.64. The van der Waals surface area contributed by atoms with E-state index in [1.165, 1.54) is 20.0 Å². The van der Waals surface area contributed by atoms with Gasteiger partial charge in [0.25, 0.3) is 0 Å². The first-order valence-corrected chi connectivity index (χ1v) is 7.92. The van der Waals surface area contributed by atoms with E-state index in [0.717, 1.165) is 11.8 Å². The van der Waals surface area contributed by atoms with Gasteiger partial charge in [0.05, 0.1) is 0 Å². The standard InChI is InChI=1S/C13H14ClNO3S/c1-13(2,19(3,17)18)12(16)10-7-15-11-5-4-8(14)6-9(10)11/h4-7,15H,1-3H3. The van der Waals surface area contributed by atoms with Gasteiger partial charge in [0, 0.05) is 33.9 Å². The lowest BCUT2D eigenvalue weighted by Crippen LogP contribution is -2.39. The number of Topliss-reactive ketones (excluding diaryl/α,β-unsaturated/α-hetero) is 1. The number of carbonyl (C=O) groups excluding carboxylic acids is 1. The number of halogens is 1. The zero-order chi connectivity index (χ0) is 14.4. The summed E-state index contributed by atoms with van der Waals surface area (Å²) in [6, 6.07) is 5.11. The third-order valence-electron chi connectivity index (χ3n) is 3.36. The van der Waals surface area contributed by atoms with E-state index >= 15 is 0 Å². The maximum absolute atomic E-state index is 12.5. The van der Waals surface area contributed by atoms with Gasteiger partial charge in [0.2, 0.25) is 0 Å². The molecule has 0 aliphatic carbocycles. The van der Waals surface area contributed by atoms with Crippen LogP contribution in [0.25, 0.3) is 10.9 Å². The third-order valence-corrected chi connectivity index (χ3v) is 5.64. The highest BCUT2D eigenvalue weighted by Crippen LogP contribution is 2.28. The summed E-state index contributed by atoms with van der Waals surface area (Å²) in [7, 11) is -3.50. The molecule has 0 unspecified atom stereocenters. The predicted octanol–water partition coefficient (Wildman–Crippen LogP) is 2.83. The number of hydrogen-bond acceptors (Lipinski definition) is 3. The SMILES string of the molecule is CC(C)(C(=O)c1c[nH]c2ccc(Cl)cc12)S(C)(=O)=O. The van der Waals surface area contributed by atoms with Gasteiger partial charge in [-0.2, -0.15) is 0 Å². The Morgan fingerprint density at radius 2 is 1.95 bits per heavy atom. The van der Waals surface area contributed by atoms with Crippen molar-refractivity contribution in [3.8, 4) is 0 Å². The maximum atomic E-state index is 12.5. The molecule has 4 nitrogen and oxygen atoms in total. The molecule has 2 aromatic rings. The molecule has 1 heterocycles. The van der Waals surface area contributed by atoms with Crippen LogP contribution in [0.5, 0.6) is 0 Å². The quantitative estimate of drug-likeness (QED) is 0.886. The van der Waals surface area contributed by atoms with Crippen molar-refractivity contribution in [3.63, 3.8) is 0 Å². The summed E-state index contributed by atoms with van der Waals surface area (Å²) in [6.07, 6.45) is 2.59. The van der Waals surface area contributed by atoms with Gasteiger partial charge in [0.1, 0.15) is 4.75 Å². The summed E-state index contributed by atoms with van der Waals surface area (Å²) in [6.45, 7) is 2.82. The van der Waals surface area contributed by atoms with E-state index in [1.54, 1.807) is 18.2 Å². The Kier molecular flexibility index (Phi) is 3.23. The number of nitrogens with one attached hydrogen (secondary N) is 1. The molecule has 2 rings (SSSR count). The van der Waals surface area contributed by atoms with Crippen LogP contribution in [0.3, 0.4) is 0 Å². The second-order valence-corrected chi connectivity index (χ2v) is 8.01. The molecule has 0 saturated carbocycles. The zero-order valence-electron chi connectivity index (χ0n) is 10.8. The summed E-state index contributed by atoms with van der Waals surface area (Å²) in [5, 5.41) is 1.13. The van der Waals surface area contributed by atoms with Crippen molar-refractivity contribution in [1.82, 2.24) is 4.98 Å². The van der Waals surface area contributed by atoms with Crippen LogP contribution in [0.15, 0.2) is 24.4 Å². The minimum Gasteiger partial charge on any atom is -0.360 e. The molecule has 0 fully saturated rings. The highest BCUT2D eigenvalue weighted by molar-refractivity contribution is 7.92. The fraction of sp³-hybridized carbons (Fsp3) is 0.308. The normalized spacial score (nSPS) is 12.8. The molecule has 0 saturated heterocycles. The first-order valence-electron chi connectivity index (χ1n) is 5.65. The summed E-state index contributed by atoms with van der Waals surface area (Å²) >= 11 is 5.91. The van der Waals surface area contributed by atoms with E-state index < -0.39 is 20.4 Å². The molecule has 1 N–H and O–H groups in total. The number of fused-ring (bicyclic) bond motifs is 1. The Labute approximate surface area is 116 Å². The number of hydrogen-bond donors (Lipinski definition) is 1. The van der Waals surface area contributed by atoms with Crippen LogP contribution in [-0.4, -0.2) is 30.2 Å². The number of rotatable bonds is 3. The van der Waals surface area contributed by atoms with Crippen molar-refractivity contribution >= 4 is 38.1 Å². The van der Waals surface area contributed by atoms with Gasteiger partial charge in [-0.15, -0.1) is 0 Å². The predicted molar refractivity (Wildman–Crippen MR) is 76.6 cm³/mol. The number of ketones is 1. The summed E-state index contributed by atoms with van der Waals surface area (Å²) in [5.74, 6) is -0.441. The molecule has 1 aromatic carbocycles. The van der Waals surface area contributed by atoms with E-state index in [-0.39, 0.29) is 0 Å². The monoisotopic (exact) mass is 299 g/mol. The molecule has 0 atom stereocenters. The summed E-state index contributed by atoms with van der Waals surface area (Å²) < 4.78 is 22.0. The molecule has 1 aromatic heterocycles. The fourth-order valence-electron chi connectivity index (χ4n) is 1.77. The average molecular weight is 300 g/mol. The van der Waals surface area contributed by atoms with Crippen LogP contribution in [0, 0.1) is 0 Å². The first kappa shape index (κ1) is 14.1. The largest absolute Gasteiger partial charge is 0.360 e. The maximum Gasteiger partial charge on any atom is 0.185 e. The average Bonchev–Trinajstić information content (AvgIpc) is 2.69. The van der Waals surface area contributed by atoms with Gasteiger partial charge >= 0.3 is 0 Å². The van der Waals surface area contributed by atoms with Gasteiger partial charge < -0.3 is 4.98 Å². The number of aromatic nitrogens is 1. The van der Waals surface area contributed by atoms with Gasteiger partial charge in [0.15, 0.2) is 15.6 Å². The summed E-state index contributed by atoms with van der Waals surface area (Å²) in [5.41, 5.74) is 1.09. The number of carbonyl (C=O) groups is 1. The molecule has 0 radical (unpaired) electrons. The van der Waals surface area contributed by atoms with E-state index in [2.05, 4.69) is 4.98 Å². The van der Waals surface area contributed by atoms with Crippen molar-refractivity contribution in [2.24, 2.45) is 0 Å². The lowest BCUT2D eigenvalue weighted by molar-refractivity contribution is 0.0956. The molecule has 0 bridgehead atoms. The van der Waals surface area contributed by atoms with Crippen LogP contribution in [-0.2, 0) is 9.84 Å². The minimum absolute atomic E-state index is 0.341. The Bertz CT molecular complexity index is 759. The zero-order valence-corrected chi connectivity index (χ0v) is 12.4. The topological polar surface area (TPSA) is 67.0 Å². The molecule has 0 aliphatic heterocycles. The Balaban J connectivity index is 2.63.